The molecule has 2 saturated heterocycles. The van der Waals surface area contributed by atoms with Crippen LogP contribution in [0.25, 0.3) is 16.8 Å². The molecule has 0 radical (unpaired) electrons. The number of aliphatic hydroxyl groups is 3. The molecule has 278 valence electrons. The van der Waals surface area contributed by atoms with Crippen LogP contribution in [0.4, 0.5) is 5.69 Å². The van der Waals surface area contributed by atoms with E-state index in [4.69, 9.17) is 18.9 Å². The van der Waals surface area contributed by atoms with E-state index in [0.29, 0.717) is 37.3 Å². The summed E-state index contributed by atoms with van der Waals surface area (Å²) < 4.78 is 53.1. The van der Waals surface area contributed by atoms with Crippen LogP contribution in [0.1, 0.15) is 45.4 Å². The van der Waals surface area contributed by atoms with Gasteiger partial charge in [-0.05, 0) is 74.7 Å². The number of nitriles is 1. The van der Waals surface area contributed by atoms with Crippen molar-refractivity contribution in [3.8, 4) is 6.07 Å². The maximum atomic E-state index is 13.4. The average molecular weight is 729 g/mol. The van der Waals surface area contributed by atoms with Crippen LogP contribution in [0.15, 0.2) is 47.5 Å². The van der Waals surface area contributed by atoms with Gasteiger partial charge in [0, 0.05) is 50.7 Å². The Bertz CT molecular complexity index is 1830. The molecule has 4 N–H and O–H groups in total. The molecule has 2 aliphatic rings. The number of ether oxygens (including phenoxy) is 4. The quantitative estimate of drug-likeness (QED) is 0.175. The van der Waals surface area contributed by atoms with Gasteiger partial charge in [0.15, 0.2) is 11.2 Å². The fourth-order valence-corrected chi connectivity index (χ4v) is 7.53. The van der Waals surface area contributed by atoms with Gasteiger partial charge in [0.2, 0.25) is 0 Å². The summed E-state index contributed by atoms with van der Waals surface area (Å²) in [5.74, 6) is 0. The van der Waals surface area contributed by atoms with E-state index in [9.17, 15) is 29.0 Å². The highest BCUT2D eigenvalue weighted by Gasteiger charge is 2.44. The minimum Gasteiger partial charge on any atom is -0.388 e. The van der Waals surface area contributed by atoms with Gasteiger partial charge >= 0.3 is 0 Å². The summed E-state index contributed by atoms with van der Waals surface area (Å²) in [6.45, 7) is 10.5. The normalized spacial score (nSPS) is 23.8. The molecule has 15 nitrogen and oxygen atoms in total. The molecular weight excluding hydrogens is 680 g/mol. The summed E-state index contributed by atoms with van der Waals surface area (Å²) in [6, 6.07) is 13.6. The fourth-order valence-electron chi connectivity index (χ4n) is 6.18. The van der Waals surface area contributed by atoms with Crippen LogP contribution in [0.2, 0.25) is 0 Å². The van der Waals surface area contributed by atoms with Crippen molar-refractivity contribution >= 4 is 32.6 Å². The molecule has 3 heterocycles. The van der Waals surface area contributed by atoms with Gasteiger partial charge in [-0.1, -0.05) is 23.4 Å². The summed E-state index contributed by atoms with van der Waals surface area (Å²) in [5, 5.41) is 50.6. The summed E-state index contributed by atoms with van der Waals surface area (Å²) in [7, 11) is -2.82. The van der Waals surface area contributed by atoms with Crippen molar-refractivity contribution in [2.45, 2.75) is 88.9 Å². The predicted molar refractivity (Wildman–Crippen MR) is 189 cm³/mol. The zero-order valence-electron chi connectivity index (χ0n) is 29.6. The van der Waals surface area contributed by atoms with E-state index in [1.165, 1.54) is 17.9 Å². The van der Waals surface area contributed by atoms with E-state index >= 15 is 0 Å². The second-order valence-corrected chi connectivity index (χ2v) is 15.9. The number of fused-ring (bicyclic) bond motifs is 1. The van der Waals surface area contributed by atoms with Crippen molar-refractivity contribution in [2.75, 3.05) is 44.9 Å². The number of nitrogens with zero attached hydrogens (tertiary/aromatic N) is 5. The zero-order valence-corrected chi connectivity index (χ0v) is 30.4. The number of hydrogen-bond acceptors (Lipinski definition) is 13. The van der Waals surface area contributed by atoms with Crippen LogP contribution in [-0.4, -0.2) is 121 Å². The fraction of sp³-hybridized carbons (Fsp3) is 0.571. The molecule has 5 unspecified atom stereocenters. The first-order valence-electron chi connectivity index (χ1n) is 16.9. The first-order chi connectivity index (χ1) is 24.1. The van der Waals surface area contributed by atoms with Crippen LogP contribution in [-0.2, 0) is 41.9 Å². The highest BCUT2D eigenvalue weighted by molar-refractivity contribution is 7.93. The number of hydrogen-bond donors (Lipinski definition) is 4. The largest absolute Gasteiger partial charge is 0.388 e. The second kappa shape index (κ2) is 16.0. The molecule has 0 spiro atoms. The van der Waals surface area contributed by atoms with Crippen LogP contribution >= 0.6 is 0 Å². The minimum atomic E-state index is -4.15. The number of methoxy groups -OCH3 is 1. The lowest BCUT2D eigenvalue weighted by molar-refractivity contribution is -0.292. The number of anilines is 1. The molecule has 51 heavy (non-hydrogen) atoms. The lowest BCUT2D eigenvalue weighted by Gasteiger charge is -2.39. The molecule has 2 aliphatic heterocycles. The van der Waals surface area contributed by atoms with E-state index in [2.05, 4.69) is 26.0 Å². The number of rotatable bonds is 14. The van der Waals surface area contributed by atoms with E-state index in [1.54, 1.807) is 26.1 Å². The second-order valence-electron chi connectivity index (χ2n) is 14.2. The van der Waals surface area contributed by atoms with Gasteiger partial charge in [0.05, 0.1) is 31.1 Å². The van der Waals surface area contributed by atoms with Crippen molar-refractivity contribution < 1.29 is 42.7 Å². The highest BCUT2D eigenvalue weighted by Crippen LogP contribution is 2.27. The summed E-state index contributed by atoms with van der Waals surface area (Å²) in [6.07, 6.45) is -2.44. The Hall–Kier alpha value is -3.50. The van der Waals surface area contributed by atoms with Gasteiger partial charge < -0.3 is 39.2 Å². The number of sulfonamides is 1. The third kappa shape index (κ3) is 9.89. The molecule has 5 atom stereocenters. The average Bonchev–Trinajstić information content (AvgIpc) is 3.52. The Morgan fingerprint density at radius 2 is 1.78 bits per heavy atom. The molecule has 1 aromatic heterocycles. The Labute approximate surface area is 298 Å². The third-order valence-electron chi connectivity index (χ3n) is 9.01. The topological polar surface area (TPSA) is 202 Å². The lowest BCUT2D eigenvalue weighted by Crippen LogP contribution is -2.58. The summed E-state index contributed by atoms with van der Waals surface area (Å²) >= 11 is 0. The molecule has 0 aliphatic carbocycles. The molecule has 2 aromatic carbocycles. The zero-order chi connectivity index (χ0) is 37.0. The number of allylic oxidation sites excluding steroid dienone is 1. The Kier molecular flexibility index (Phi) is 12.2. The molecule has 0 bridgehead atoms. The van der Waals surface area contributed by atoms with Crippen LogP contribution < -0.4 is 9.62 Å². The molecule has 3 aromatic rings. The Morgan fingerprint density at radius 3 is 2.49 bits per heavy atom. The van der Waals surface area contributed by atoms with Gasteiger partial charge in [-0.15, -0.1) is 5.10 Å². The van der Waals surface area contributed by atoms with Crippen LogP contribution in [0.3, 0.4) is 0 Å². The van der Waals surface area contributed by atoms with Crippen LogP contribution in [0, 0.1) is 11.3 Å². The molecule has 5 rings (SSSR count). The Balaban J connectivity index is 1.14. The van der Waals surface area contributed by atoms with Crippen molar-refractivity contribution in [3.05, 3.63) is 58.8 Å². The highest BCUT2D eigenvalue weighted by atomic mass is 32.2. The summed E-state index contributed by atoms with van der Waals surface area (Å²) in [4.78, 5) is 1.88. The third-order valence-corrected chi connectivity index (χ3v) is 10.6. The Morgan fingerprint density at radius 1 is 1.08 bits per heavy atom. The van der Waals surface area contributed by atoms with E-state index in [1.807, 2.05) is 44.2 Å². The molecule has 16 heteroatoms. The number of morpholine rings is 1. The summed E-state index contributed by atoms with van der Waals surface area (Å²) in [5.41, 5.74) is 0.668. The number of nitrogens with one attached hydrogen (secondary N) is 1. The molecule has 0 saturated carbocycles. The van der Waals surface area contributed by atoms with E-state index in [-0.39, 0.29) is 13.2 Å². The first kappa shape index (κ1) is 38.7. The standard InChI is InChI=1S/C35H48N6O9S/c1-34(2,10-13-49-35(3,4)19-26-21-41(39-37-26)22-29-30(42)31(43)32(44)33(47-5)50-29)38-51(45,46)28(20-36)17-23-6-7-25-18-27(9-8-24(25)16-23)40-11-14-48-15-12-40/h6-9,16-18,21,29-33,38,42-44H,10-15,19,22H2,1-5H3. The monoisotopic (exact) mass is 728 g/mol. The van der Waals surface area contributed by atoms with Gasteiger partial charge in [-0.3, -0.25) is 0 Å². The van der Waals surface area contributed by atoms with Gasteiger partial charge in [0.25, 0.3) is 10.0 Å². The van der Waals surface area contributed by atoms with Crippen LogP contribution in [0.5, 0.6) is 0 Å². The van der Waals surface area contributed by atoms with Crippen molar-refractivity contribution in [2.24, 2.45) is 0 Å². The predicted octanol–water partition coefficient (Wildman–Crippen LogP) is 1.71. The molecule has 0 amide bonds. The first-order valence-corrected chi connectivity index (χ1v) is 18.4. The van der Waals surface area contributed by atoms with Crippen molar-refractivity contribution in [3.63, 3.8) is 0 Å². The van der Waals surface area contributed by atoms with Crippen molar-refractivity contribution in [1.82, 2.24) is 19.7 Å². The van der Waals surface area contributed by atoms with Gasteiger partial charge in [-0.2, -0.15) is 5.26 Å². The number of aromatic nitrogens is 3. The number of benzene rings is 2. The van der Waals surface area contributed by atoms with Gasteiger partial charge in [0.1, 0.15) is 30.5 Å². The molecule has 2 fully saturated rings. The molecular formula is C35H48N6O9S. The van der Waals surface area contributed by atoms with Crippen molar-refractivity contribution in [1.29, 1.82) is 5.26 Å². The van der Waals surface area contributed by atoms with Gasteiger partial charge in [-0.25, -0.2) is 17.8 Å². The van der Waals surface area contributed by atoms with E-state index in [0.717, 1.165) is 29.5 Å². The number of aliphatic hydroxyl groups excluding tert-OH is 3. The van der Waals surface area contributed by atoms with E-state index < -0.39 is 56.8 Å². The smallest absolute Gasteiger partial charge is 0.251 e. The maximum Gasteiger partial charge on any atom is 0.251 e. The SMILES string of the molecule is COC1OC(Cn2cc(CC(C)(C)OCCC(C)(C)NS(=O)(=O)C(C#N)=Cc3ccc4cc(N5CCOCC5)ccc4c3)nn2)C(O)C(O)C1O. The lowest BCUT2D eigenvalue weighted by atomic mass is 9.99. The maximum absolute atomic E-state index is 13.4. The minimum absolute atomic E-state index is 0.0591.